The Morgan fingerprint density at radius 2 is 2.16 bits per heavy atom. The summed E-state index contributed by atoms with van der Waals surface area (Å²) in [6, 6.07) is 5.07. The predicted molar refractivity (Wildman–Crippen MR) is 62.2 cm³/mol. The van der Waals surface area contributed by atoms with Crippen LogP contribution in [0.1, 0.15) is 17.7 Å². The minimum atomic E-state index is -4.38. The molecule has 2 aromatic heterocycles. The largest absolute Gasteiger partial charge is 0.417 e. The smallest absolute Gasteiger partial charge is 0.328 e. The molecule has 6 heteroatoms. The summed E-state index contributed by atoms with van der Waals surface area (Å²) in [6.45, 7) is 0.508. The van der Waals surface area contributed by atoms with Crippen molar-refractivity contribution in [3.63, 3.8) is 0 Å². The van der Waals surface area contributed by atoms with E-state index in [9.17, 15) is 13.2 Å². The van der Waals surface area contributed by atoms with Crippen molar-refractivity contribution < 1.29 is 13.2 Å². The third kappa shape index (κ3) is 1.95. The van der Waals surface area contributed by atoms with Gasteiger partial charge in [-0.25, -0.2) is 4.98 Å². The van der Waals surface area contributed by atoms with Crippen molar-refractivity contribution in [2.45, 2.75) is 25.6 Å². The maximum atomic E-state index is 12.6. The number of aryl methyl sites for hydroxylation is 1. The molecule has 1 atom stereocenters. The van der Waals surface area contributed by atoms with Crippen LogP contribution in [0.15, 0.2) is 18.3 Å². The lowest BCUT2D eigenvalue weighted by atomic mass is 10.00. The Bertz CT molecular complexity index is 679. The highest BCUT2D eigenvalue weighted by Crippen LogP contribution is 2.32. The van der Waals surface area contributed by atoms with Gasteiger partial charge in [-0.1, -0.05) is 0 Å². The summed E-state index contributed by atoms with van der Waals surface area (Å²) < 4.78 is 39.7. The molecule has 98 valence electrons. The second-order valence-electron chi connectivity index (χ2n) is 4.75. The number of hydrogen-bond acceptors (Lipinski definition) is 2. The van der Waals surface area contributed by atoms with Gasteiger partial charge in [0.2, 0.25) is 0 Å². The van der Waals surface area contributed by atoms with Crippen LogP contribution < -0.4 is 0 Å². The van der Waals surface area contributed by atoms with Crippen LogP contribution in [0, 0.1) is 17.2 Å². The molecule has 3 nitrogen and oxygen atoms in total. The zero-order valence-corrected chi connectivity index (χ0v) is 9.91. The molecule has 0 spiro atoms. The molecule has 0 N–H and O–H groups in total. The minimum Gasteiger partial charge on any atom is -0.328 e. The molecule has 0 aliphatic carbocycles. The van der Waals surface area contributed by atoms with Crippen molar-refractivity contribution in [2.75, 3.05) is 0 Å². The van der Waals surface area contributed by atoms with Crippen molar-refractivity contribution in [3.8, 4) is 6.07 Å². The number of pyridine rings is 1. The maximum absolute atomic E-state index is 12.6. The Morgan fingerprint density at radius 1 is 1.37 bits per heavy atom. The number of rotatable bonds is 0. The maximum Gasteiger partial charge on any atom is 0.417 e. The molecule has 2 aromatic rings. The number of hydrogen-bond donors (Lipinski definition) is 0. The summed E-state index contributed by atoms with van der Waals surface area (Å²) >= 11 is 0. The number of nitriles is 1. The summed E-state index contributed by atoms with van der Waals surface area (Å²) in [7, 11) is 0. The predicted octanol–water partition coefficient (Wildman–Crippen LogP) is 3.14. The van der Waals surface area contributed by atoms with Gasteiger partial charge in [-0.05, 0) is 25.0 Å². The summed E-state index contributed by atoms with van der Waals surface area (Å²) in [5, 5.41) is 9.43. The third-order valence-corrected chi connectivity index (χ3v) is 3.48. The Morgan fingerprint density at radius 3 is 2.84 bits per heavy atom. The first-order chi connectivity index (χ1) is 8.99. The van der Waals surface area contributed by atoms with Crippen molar-refractivity contribution in [1.82, 2.24) is 9.55 Å². The summed E-state index contributed by atoms with van der Waals surface area (Å²) in [5.74, 6) is -0.0906. The van der Waals surface area contributed by atoms with E-state index in [0.717, 1.165) is 24.4 Å². The average molecular weight is 265 g/mol. The molecule has 0 bridgehead atoms. The van der Waals surface area contributed by atoms with E-state index in [-0.39, 0.29) is 5.92 Å². The van der Waals surface area contributed by atoms with E-state index >= 15 is 0 Å². The fourth-order valence-corrected chi connectivity index (χ4v) is 2.50. The van der Waals surface area contributed by atoms with Crippen molar-refractivity contribution in [2.24, 2.45) is 5.92 Å². The van der Waals surface area contributed by atoms with E-state index in [1.165, 1.54) is 0 Å². The van der Waals surface area contributed by atoms with E-state index in [0.29, 0.717) is 24.0 Å². The zero-order valence-electron chi connectivity index (χ0n) is 9.91. The Labute approximate surface area is 107 Å². The lowest BCUT2D eigenvalue weighted by Gasteiger charge is -2.19. The van der Waals surface area contributed by atoms with E-state index < -0.39 is 11.7 Å². The Balaban J connectivity index is 2.12. The zero-order chi connectivity index (χ0) is 13.6. The van der Waals surface area contributed by atoms with E-state index in [1.807, 2.05) is 4.57 Å². The van der Waals surface area contributed by atoms with Gasteiger partial charge in [0.1, 0.15) is 5.65 Å². The highest BCUT2D eigenvalue weighted by molar-refractivity contribution is 5.78. The topological polar surface area (TPSA) is 41.6 Å². The second kappa shape index (κ2) is 3.98. The highest BCUT2D eigenvalue weighted by Gasteiger charge is 2.32. The number of alkyl halides is 3. The molecule has 19 heavy (non-hydrogen) atoms. The van der Waals surface area contributed by atoms with E-state index in [1.54, 1.807) is 6.07 Å². The monoisotopic (exact) mass is 265 g/mol. The van der Waals surface area contributed by atoms with Gasteiger partial charge in [-0.2, -0.15) is 18.4 Å². The summed E-state index contributed by atoms with van der Waals surface area (Å²) in [6.07, 6.45) is -2.07. The SMILES string of the molecule is N#CC1CCc2cc3cc(C(F)(F)F)cnc3n2C1. The van der Waals surface area contributed by atoms with Gasteiger partial charge >= 0.3 is 6.18 Å². The Hall–Kier alpha value is -2.03. The van der Waals surface area contributed by atoms with Gasteiger partial charge in [-0.3, -0.25) is 0 Å². The molecular formula is C13H10F3N3. The fourth-order valence-electron chi connectivity index (χ4n) is 2.50. The van der Waals surface area contributed by atoms with Gasteiger partial charge in [0.15, 0.2) is 0 Å². The van der Waals surface area contributed by atoms with Crippen LogP contribution in [0.4, 0.5) is 13.2 Å². The Kier molecular flexibility index (Phi) is 2.52. The molecule has 3 heterocycles. The van der Waals surface area contributed by atoms with Gasteiger partial charge in [0, 0.05) is 23.8 Å². The van der Waals surface area contributed by atoms with E-state index in [4.69, 9.17) is 5.26 Å². The normalized spacial score (nSPS) is 19.2. The highest BCUT2D eigenvalue weighted by atomic mass is 19.4. The third-order valence-electron chi connectivity index (χ3n) is 3.48. The van der Waals surface area contributed by atoms with Gasteiger partial charge in [0.05, 0.1) is 17.6 Å². The molecule has 1 aliphatic rings. The van der Waals surface area contributed by atoms with Gasteiger partial charge in [-0.15, -0.1) is 0 Å². The molecule has 1 aliphatic heterocycles. The lowest BCUT2D eigenvalue weighted by Crippen LogP contribution is -2.18. The molecule has 0 saturated carbocycles. The second-order valence-corrected chi connectivity index (χ2v) is 4.75. The number of aromatic nitrogens is 2. The van der Waals surface area contributed by atoms with Crippen LogP contribution in [0.2, 0.25) is 0 Å². The van der Waals surface area contributed by atoms with Crippen LogP contribution >= 0.6 is 0 Å². The molecule has 0 aromatic carbocycles. The lowest BCUT2D eigenvalue weighted by molar-refractivity contribution is -0.137. The first-order valence-electron chi connectivity index (χ1n) is 5.94. The number of nitrogens with zero attached hydrogens (tertiary/aromatic N) is 3. The molecule has 0 saturated heterocycles. The van der Waals surface area contributed by atoms with Crippen LogP contribution in [0.5, 0.6) is 0 Å². The van der Waals surface area contributed by atoms with Crippen molar-refractivity contribution in [3.05, 3.63) is 29.6 Å². The average Bonchev–Trinajstić information content (AvgIpc) is 2.74. The first-order valence-corrected chi connectivity index (χ1v) is 5.94. The summed E-state index contributed by atoms with van der Waals surface area (Å²) in [5.41, 5.74) is 0.746. The minimum absolute atomic E-state index is 0.0906. The van der Waals surface area contributed by atoms with Crippen LogP contribution in [0.3, 0.4) is 0 Å². The molecule has 0 fully saturated rings. The van der Waals surface area contributed by atoms with Crippen LogP contribution in [-0.4, -0.2) is 9.55 Å². The molecule has 1 unspecified atom stereocenters. The first kappa shape index (κ1) is 12.0. The van der Waals surface area contributed by atoms with Crippen LogP contribution in [-0.2, 0) is 19.1 Å². The molecule has 0 amide bonds. The molecule has 0 radical (unpaired) electrons. The van der Waals surface area contributed by atoms with Gasteiger partial charge < -0.3 is 4.57 Å². The van der Waals surface area contributed by atoms with Crippen molar-refractivity contribution >= 4 is 11.0 Å². The summed E-state index contributed by atoms with van der Waals surface area (Å²) in [4.78, 5) is 3.92. The van der Waals surface area contributed by atoms with Crippen molar-refractivity contribution in [1.29, 1.82) is 5.26 Å². The number of halogens is 3. The molecule has 3 rings (SSSR count). The van der Waals surface area contributed by atoms with Crippen LogP contribution in [0.25, 0.3) is 11.0 Å². The van der Waals surface area contributed by atoms with Gasteiger partial charge in [0.25, 0.3) is 0 Å². The standard InChI is InChI=1S/C13H10F3N3/c14-13(15,16)10-3-9-4-11-2-1-8(5-17)7-19(11)12(9)18-6-10/h3-4,6,8H,1-2,7H2. The molecular weight excluding hydrogens is 255 g/mol. The van der Waals surface area contributed by atoms with E-state index in [2.05, 4.69) is 11.1 Å². The number of fused-ring (bicyclic) bond motifs is 3. The quantitative estimate of drug-likeness (QED) is 0.734. The fraction of sp³-hybridized carbons (Fsp3) is 0.385.